The van der Waals surface area contributed by atoms with Crippen LogP contribution in [0.1, 0.15) is 6.92 Å². The van der Waals surface area contributed by atoms with Crippen LogP contribution in [0.2, 0.25) is 0 Å². The lowest BCUT2D eigenvalue weighted by Crippen LogP contribution is -1.74. The van der Waals surface area contributed by atoms with Crippen LogP contribution >= 0.6 is 7.60 Å². The van der Waals surface area contributed by atoms with Gasteiger partial charge in [0.2, 0.25) is 0 Å². The van der Waals surface area contributed by atoms with Crippen LogP contribution in [0.15, 0.2) is 11.9 Å². The molecule has 0 saturated carbocycles. The van der Waals surface area contributed by atoms with Crippen LogP contribution in [0, 0.1) is 0 Å². The van der Waals surface area contributed by atoms with Gasteiger partial charge >= 0.3 is 7.60 Å². The van der Waals surface area contributed by atoms with Gasteiger partial charge in [0.15, 0.2) is 0 Å². The summed E-state index contributed by atoms with van der Waals surface area (Å²) in [5.74, 6) is 0. The van der Waals surface area contributed by atoms with Crippen molar-refractivity contribution in [3.05, 3.63) is 11.9 Å². The molecule has 0 heterocycles. The highest BCUT2D eigenvalue weighted by atomic mass is 31.2. The van der Waals surface area contributed by atoms with E-state index in [0.29, 0.717) is 0 Å². The maximum absolute atomic E-state index is 9.93. The smallest absolute Gasteiger partial charge is 0.321 e. The summed E-state index contributed by atoms with van der Waals surface area (Å²) in [5, 5.41) is -0.0903. The molecule has 0 spiro atoms. The highest BCUT2D eigenvalue weighted by Gasteiger charge is 2.11. The first-order valence-electron chi connectivity index (χ1n) is 1.66. The minimum atomic E-state index is -3.93. The molecule has 0 amide bonds. The van der Waals surface area contributed by atoms with Crippen molar-refractivity contribution in [3.8, 4) is 0 Å². The van der Waals surface area contributed by atoms with Crippen molar-refractivity contribution in [2.75, 3.05) is 0 Å². The summed E-state index contributed by atoms with van der Waals surface area (Å²) in [4.78, 5) is 16.2. The molecule has 0 aromatic rings. The third-order valence-corrected chi connectivity index (χ3v) is 1.49. The van der Waals surface area contributed by atoms with Crippen LogP contribution in [-0.4, -0.2) is 9.79 Å². The molecule has 0 unspecified atom stereocenters. The second-order valence-corrected chi connectivity index (χ2v) is 3.13. The van der Waals surface area contributed by atoms with Gasteiger partial charge in [0.25, 0.3) is 0 Å². The largest absolute Gasteiger partial charge is 0.351 e. The second-order valence-electron chi connectivity index (χ2n) is 1.28. The van der Waals surface area contributed by atoms with Gasteiger partial charge in [-0.25, -0.2) is 0 Å². The van der Waals surface area contributed by atoms with Crippen LogP contribution < -0.4 is 0 Å². The predicted octanol–water partition coefficient (Wildman–Crippen LogP) is 0.698. The molecule has 0 aromatic heterocycles. The van der Waals surface area contributed by atoms with Crippen LogP contribution in [0.3, 0.4) is 0 Å². The van der Waals surface area contributed by atoms with Crippen molar-refractivity contribution in [1.29, 1.82) is 0 Å². The second kappa shape index (κ2) is 1.78. The van der Waals surface area contributed by atoms with E-state index in [0.717, 1.165) is 0 Å². The van der Waals surface area contributed by atoms with E-state index in [9.17, 15) is 4.57 Å². The van der Waals surface area contributed by atoms with Gasteiger partial charge in [0.05, 0.1) is 0 Å². The minimum Gasteiger partial charge on any atom is -0.321 e. The van der Waals surface area contributed by atoms with Gasteiger partial charge < -0.3 is 9.79 Å². The summed E-state index contributed by atoms with van der Waals surface area (Å²) < 4.78 is 9.93. The lowest BCUT2D eigenvalue weighted by molar-refractivity contribution is 0.382. The Morgan fingerprint density at radius 1 is 1.71 bits per heavy atom. The fourth-order valence-corrected chi connectivity index (χ4v) is 0. The van der Waals surface area contributed by atoms with E-state index in [1.54, 1.807) is 0 Å². The molecule has 0 bridgehead atoms. The zero-order chi connectivity index (χ0) is 6.08. The molecule has 0 aliphatic rings. The van der Waals surface area contributed by atoms with Crippen LogP contribution in [0.4, 0.5) is 0 Å². The van der Waals surface area contributed by atoms with E-state index >= 15 is 0 Å². The molecule has 0 rings (SSSR count). The SMILES string of the molecule is C=C(C)P(=O)(O)O. The van der Waals surface area contributed by atoms with Crippen molar-refractivity contribution in [3.63, 3.8) is 0 Å². The van der Waals surface area contributed by atoms with E-state index in [1.165, 1.54) is 6.92 Å². The summed E-state index contributed by atoms with van der Waals surface area (Å²) in [6.07, 6.45) is 0. The fraction of sp³-hybridized carbons (Fsp3) is 0.333. The first-order valence-corrected chi connectivity index (χ1v) is 3.27. The van der Waals surface area contributed by atoms with Crippen molar-refractivity contribution in [1.82, 2.24) is 0 Å². The van der Waals surface area contributed by atoms with Gasteiger partial charge in [-0.15, -0.1) is 0 Å². The van der Waals surface area contributed by atoms with E-state index in [2.05, 4.69) is 6.58 Å². The Morgan fingerprint density at radius 3 is 1.86 bits per heavy atom. The molecule has 3 nitrogen and oxygen atoms in total. The number of allylic oxidation sites excluding steroid dienone is 1. The molecule has 0 aliphatic heterocycles. The van der Waals surface area contributed by atoms with E-state index in [-0.39, 0.29) is 5.31 Å². The average Bonchev–Trinajstić information content (AvgIpc) is 1.31. The molecular weight excluding hydrogens is 115 g/mol. The molecule has 4 heteroatoms. The van der Waals surface area contributed by atoms with Crippen molar-refractivity contribution >= 4 is 7.60 Å². The molecule has 0 saturated heterocycles. The third kappa shape index (κ3) is 2.57. The highest BCUT2D eigenvalue weighted by molar-refractivity contribution is 7.56. The topological polar surface area (TPSA) is 57.5 Å². The summed E-state index contributed by atoms with van der Waals surface area (Å²) in [7, 11) is -3.93. The van der Waals surface area contributed by atoms with Crippen molar-refractivity contribution in [2.24, 2.45) is 0 Å². The molecule has 0 aliphatic carbocycles. The third-order valence-electron chi connectivity index (χ3n) is 0.497. The maximum Gasteiger partial charge on any atom is 0.351 e. The Morgan fingerprint density at radius 2 is 1.86 bits per heavy atom. The Balaban J connectivity index is 4.09. The van der Waals surface area contributed by atoms with Crippen molar-refractivity contribution in [2.45, 2.75) is 6.92 Å². The Labute approximate surface area is 41.8 Å². The standard InChI is InChI=1S/C3H7O3P/c1-3(2)7(4,5)6/h1H2,2H3,(H2,4,5,6). The van der Waals surface area contributed by atoms with Crippen LogP contribution in [-0.2, 0) is 4.57 Å². The average molecular weight is 122 g/mol. The summed E-state index contributed by atoms with van der Waals surface area (Å²) >= 11 is 0. The number of hydrogen-bond acceptors (Lipinski definition) is 1. The predicted molar refractivity (Wildman–Crippen MR) is 26.9 cm³/mol. The summed E-state index contributed by atoms with van der Waals surface area (Å²) in [5.41, 5.74) is 0. The van der Waals surface area contributed by atoms with E-state index < -0.39 is 7.60 Å². The van der Waals surface area contributed by atoms with Gasteiger partial charge in [-0.1, -0.05) is 6.58 Å². The number of hydrogen-bond donors (Lipinski definition) is 2. The van der Waals surface area contributed by atoms with E-state index in [1.807, 2.05) is 0 Å². The summed E-state index contributed by atoms with van der Waals surface area (Å²) in [6, 6.07) is 0. The van der Waals surface area contributed by atoms with Gasteiger partial charge in [-0.2, -0.15) is 0 Å². The summed E-state index contributed by atoms with van der Waals surface area (Å²) in [6.45, 7) is 4.36. The molecule has 0 aromatic carbocycles. The van der Waals surface area contributed by atoms with Gasteiger partial charge in [-0.05, 0) is 6.92 Å². The maximum atomic E-state index is 9.93. The molecule has 0 atom stereocenters. The monoisotopic (exact) mass is 122 g/mol. The molecular formula is C3H7O3P. The Bertz CT molecular complexity index is 122. The molecule has 7 heavy (non-hydrogen) atoms. The van der Waals surface area contributed by atoms with Crippen molar-refractivity contribution < 1.29 is 14.4 Å². The van der Waals surface area contributed by atoms with E-state index in [4.69, 9.17) is 9.79 Å². The lowest BCUT2D eigenvalue weighted by Gasteiger charge is -1.97. The fourth-order valence-electron chi connectivity index (χ4n) is 0. The van der Waals surface area contributed by atoms with Gasteiger partial charge in [0.1, 0.15) is 0 Å². The Hall–Kier alpha value is -0.110. The molecule has 2 N–H and O–H groups in total. The van der Waals surface area contributed by atoms with Gasteiger partial charge in [0, 0.05) is 5.31 Å². The number of rotatable bonds is 1. The molecule has 42 valence electrons. The first-order chi connectivity index (χ1) is 2.94. The lowest BCUT2D eigenvalue weighted by atomic mass is 10.8. The minimum absolute atomic E-state index is 0.0903. The highest BCUT2D eigenvalue weighted by Crippen LogP contribution is 2.42. The normalized spacial score (nSPS) is 11.3. The molecule has 0 radical (unpaired) electrons. The zero-order valence-electron chi connectivity index (χ0n) is 3.96. The van der Waals surface area contributed by atoms with Gasteiger partial charge in [-0.3, -0.25) is 4.57 Å². The quantitative estimate of drug-likeness (QED) is 0.503. The van der Waals surface area contributed by atoms with Crippen LogP contribution in [0.5, 0.6) is 0 Å². The van der Waals surface area contributed by atoms with Crippen LogP contribution in [0.25, 0.3) is 0 Å². The molecule has 0 fully saturated rings. The zero-order valence-corrected chi connectivity index (χ0v) is 4.85. The first kappa shape index (κ1) is 6.89. The Kier molecular flexibility index (Phi) is 1.75.